The molecule has 0 amide bonds. The second kappa shape index (κ2) is 6.44. The maximum atomic E-state index is 12.3. The first-order chi connectivity index (χ1) is 9.54. The summed E-state index contributed by atoms with van der Waals surface area (Å²) in [5.74, 6) is 0. The number of aromatic amines is 1. The molecular formula is C11H17N5O2S2. The van der Waals surface area contributed by atoms with E-state index in [2.05, 4.69) is 25.2 Å². The van der Waals surface area contributed by atoms with Gasteiger partial charge >= 0.3 is 0 Å². The lowest BCUT2D eigenvalue weighted by Crippen LogP contribution is -2.27. The van der Waals surface area contributed by atoms with E-state index in [4.69, 9.17) is 0 Å². The van der Waals surface area contributed by atoms with Gasteiger partial charge in [0.05, 0.1) is 22.6 Å². The molecule has 0 saturated heterocycles. The Hall–Kier alpha value is -1.29. The first-order valence-electron chi connectivity index (χ1n) is 6.09. The number of aryl methyl sites for hydroxylation is 1. The highest BCUT2D eigenvalue weighted by molar-refractivity contribution is 7.89. The van der Waals surface area contributed by atoms with Gasteiger partial charge in [-0.25, -0.2) is 18.1 Å². The van der Waals surface area contributed by atoms with Crippen LogP contribution in [-0.2, 0) is 23.0 Å². The van der Waals surface area contributed by atoms with Crippen molar-refractivity contribution in [2.24, 2.45) is 0 Å². The average molecular weight is 315 g/mol. The molecule has 3 N–H and O–H groups in total. The molecule has 7 nitrogen and oxygen atoms in total. The molecule has 0 atom stereocenters. The van der Waals surface area contributed by atoms with Crippen molar-refractivity contribution in [2.75, 3.05) is 13.6 Å². The number of aromatic nitrogens is 3. The monoisotopic (exact) mass is 315 g/mol. The average Bonchev–Trinajstić information content (AvgIpc) is 3.00. The Morgan fingerprint density at radius 3 is 2.90 bits per heavy atom. The van der Waals surface area contributed by atoms with Crippen LogP contribution in [0.15, 0.2) is 15.8 Å². The van der Waals surface area contributed by atoms with Crippen LogP contribution in [0.3, 0.4) is 0 Å². The minimum Gasteiger partial charge on any atom is -0.314 e. The van der Waals surface area contributed by atoms with Crippen LogP contribution in [0, 0.1) is 6.92 Å². The van der Waals surface area contributed by atoms with Crippen LogP contribution in [-0.4, -0.2) is 37.2 Å². The summed E-state index contributed by atoms with van der Waals surface area (Å²) in [5, 5.41) is 11.5. The van der Waals surface area contributed by atoms with E-state index in [1.807, 2.05) is 5.38 Å². The Morgan fingerprint density at radius 2 is 2.25 bits per heavy atom. The lowest BCUT2D eigenvalue weighted by Gasteiger charge is -2.07. The third kappa shape index (κ3) is 3.42. The van der Waals surface area contributed by atoms with Crippen LogP contribution < -0.4 is 10.0 Å². The smallest absolute Gasteiger partial charge is 0.244 e. The van der Waals surface area contributed by atoms with E-state index >= 15 is 0 Å². The third-order valence-corrected chi connectivity index (χ3v) is 5.03. The minimum absolute atomic E-state index is 0.227. The van der Waals surface area contributed by atoms with Crippen molar-refractivity contribution in [2.45, 2.75) is 24.8 Å². The van der Waals surface area contributed by atoms with Gasteiger partial charge in [-0.05, 0) is 14.0 Å². The summed E-state index contributed by atoms with van der Waals surface area (Å²) in [7, 11) is -1.82. The van der Waals surface area contributed by atoms with Gasteiger partial charge in [0.15, 0.2) is 0 Å². The van der Waals surface area contributed by atoms with Crippen LogP contribution in [0.5, 0.6) is 0 Å². The van der Waals surface area contributed by atoms with Gasteiger partial charge in [0.1, 0.15) is 4.90 Å². The van der Waals surface area contributed by atoms with Gasteiger partial charge in [-0.2, -0.15) is 5.10 Å². The summed E-state index contributed by atoms with van der Waals surface area (Å²) in [4.78, 5) is 4.35. The van der Waals surface area contributed by atoms with Crippen molar-refractivity contribution in [1.29, 1.82) is 0 Å². The summed E-state index contributed by atoms with van der Waals surface area (Å²) >= 11 is 1.50. The maximum Gasteiger partial charge on any atom is 0.244 e. The van der Waals surface area contributed by atoms with E-state index in [0.29, 0.717) is 30.9 Å². The number of H-pyrrole nitrogens is 1. The SMILES string of the molecule is CNCc1n[nH]c(C)c1S(=O)(=O)NCCc1cscn1. The Bertz CT molecular complexity index is 648. The molecule has 0 aliphatic rings. The summed E-state index contributed by atoms with van der Waals surface area (Å²) in [6.07, 6.45) is 0.570. The summed E-state index contributed by atoms with van der Waals surface area (Å²) in [6, 6.07) is 0. The van der Waals surface area contributed by atoms with Gasteiger partial charge in [0.2, 0.25) is 10.0 Å². The lowest BCUT2D eigenvalue weighted by atomic mass is 10.3. The summed E-state index contributed by atoms with van der Waals surface area (Å²) in [6.45, 7) is 2.41. The number of hydrogen-bond acceptors (Lipinski definition) is 6. The van der Waals surface area contributed by atoms with Crippen molar-refractivity contribution in [3.63, 3.8) is 0 Å². The summed E-state index contributed by atoms with van der Waals surface area (Å²) in [5.41, 5.74) is 3.65. The zero-order valence-corrected chi connectivity index (χ0v) is 12.9. The standard InChI is InChI=1S/C11H17N5O2S2/c1-8-11(10(5-12-2)16-15-8)20(17,18)14-4-3-9-6-19-7-13-9/h6-7,12,14H,3-5H2,1-2H3,(H,15,16). The van der Waals surface area contributed by atoms with Crippen LogP contribution in [0.2, 0.25) is 0 Å². The predicted octanol–water partition coefficient (Wildman–Crippen LogP) is 0.415. The molecule has 20 heavy (non-hydrogen) atoms. The van der Waals surface area contributed by atoms with Gasteiger partial charge in [0.25, 0.3) is 0 Å². The lowest BCUT2D eigenvalue weighted by molar-refractivity contribution is 0.578. The highest BCUT2D eigenvalue weighted by Crippen LogP contribution is 2.17. The Kier molecular flexibility index (Phi) is 4.86. The molecule has 2 aromatic heterocycles. The molecule has 0 bridgehead atoms. The van der Waals surface area contributed by atoms with E-state index in [0.717, 1.165) is 5.69 Å². The molecule has 9 heteroatoms. The first kappa shape index (κ1) is 15.1. The van der Waals surface area contributed by atoms with E-state index < -0.39 is 10.0 Å². The van der Waals surface area contributed by atoms with E-state index in [9.17, 15) is 8.42 Å². The molecule has 0 spiro atoms. The molecule has 0 fully saturated rings. The number of nitrogens with one attached hydrogen (secondary N) is 3. The van der Waals surface area contributed by atoms with Crippen LogP contribution in [0.1, 0.15) is 17.1 Å². The fraction of sp³-hybridized carbons (Fsp3) is 0.455. The van der Waals surface area contributed by atoms with E-state index in [1.165, 1.54) is 11.3 Å². The van der Waals surface area contributed by atoms with Crippen LogP contribution in [0.25, 0.3) is 0 Å². The van der Waals surface area contributed by atoms with Crippen LogP contribution >= 0.6 is 11.3 Å². The Labute approximate surface area is 121 Å². The van der Waals surface area contributed by atoms with E-state index in [1.54, 1.807) is 19.5 Å². The van der Waals surface area contributed by atoms with Crippen molar-refractivity contribution >= 4 is 21.4 Å². The largest absolute Gasteiger partial charge is 0.314 e. The normalized spacial score (nSPS) is 11.9. The van der Waals surface area contributed by atoms with Gasteiger partial charge in [0, 0.05) is 24.9 Å². The van der Waals surface area contributed by atoms with Gasteiger partial charge in [-0.15, -0.1) is 11.3 Å². The molecule has 2 rings (SSSR count). The molecule has 2 heterocycles. The minimum atomic E-state index is -3.56. The number of sulfonamides is 1. The zero-order valence-electron chi connectivity index (χ0n) is 11.3. The second-order valence-corrected chi connectivity index (χ2v) is 6.70. The molecule has 0 radical (unpaired) electrons. The van der Waals surface area contributed by atoms with Gasteiger partial charge in [-0.3, -0.25) is 5.10 Å². The summed E-state index contributed by atoms with van der Waals surface area (Å²) < 4.78 is 27.2. The van der Waals surface area contributed by atoms with Gasteiger partial charge < -0.3 is 5.32 Å². The number of nitrogens with zero attached hydrogens (tertiary/aromatic N) is 2. The van der Waals surface area contributed by atoms with Crippen molar-refractivity contribution in [3.05, 3.63) is 28.0 Å². The van der Waals surface area contributed by atoms with Crippen molar-refractivity contribution in [1.82, 2.24) is 25.2 Å². The zero-order chi connectivity index (χ0) is 14.6. The fourth-order valence-corrected chi connectivity index (χ4v) is 3.84. The molecule has 0 aromatic carbocycles. The predicted molar refractivity (Wildman–Crippen MR) is 77.1 cm³/mol. The van der Waals surface area contributed by atoms with Gasteiger partial charge in [-0.1, -0.05) is 0 Å². The maximum absolute atomic E-state index is 12.3. The molecule has 0 saturated carbocycles. The molecule has 0 aliphatic heterocycles. The highest BCUT2D eigenvalue weighted by Gasteiger charge is 2.23. The fourth-order valence-electron chi connectivity index (χ4n) is 1.86. The Balaban J connectivity index is 2.08. The topological polar surface area (TPSA) is 99.8 Å². The number of rotatable bonds is 7. The van der Waals surface area contributed by atoms with Crippen molar-refractivity contribution < 1.29 is 8.42 Å². The molecular weight excluding hydrogens is 298 g/mol. The third-order valence-electron chi connectivity index (χ3n) is 2.73. The highest BCUT2D eigenvalue weighted by atomic mass is 32.2. The second-order valence-electron chi connectivity index (χ2n) is 4.28. The van der Waals surface area contributed by atoms with Crippen molar-refractivity contribution in [3.8, 4) is 0 Å². The molecule has 0 aliphatic carbocycles. The first-order valence-corrected chi connectivity index (χ1v) is 8.52. The van der Waals surface area contributed by atoms with Crippen LogP contribution in [0.4, 0.5) is 0 Å². The Morgan fingerprint density at radius 1 is 1.45 bits per heavy atom. The number of thiazole rings is 1. The molecule has 2 aromatic rings. The quantitative estimate of drug-likeness (QED) is 0.687. The molecule has 0 unspecified atom stereocenters. The molecule has 110 valence electrons. The number of hydrogen-bond donors (Lipinski definition) is 3. The van der Waals surface area contributed by atoms with E-state index in [-0.39, 0.29) is 4.90 Å².